The molecule has 0 bridgehead atoms. The lowest BCUT2D eigenvalue weighted by Gasteiger charge is -2.33. The lowest BCUT2D eigenvalue weighted by molar-refractivity contribution is 0.0178. The first-order chi connectivity index (χ1) is 9.52. The van der Waals surface area contributed by atoms with Gasteiger partial charge in [0.1, 0.15) is 17.6 Å². The highest BCUT2D eigenvalue weighted by atomic mass is 16.5. The molecule has 0 saturated heterocycles. The van der Waals surface area contributed by atoms with Gasteiger partial charge >= 0.3 is 5.63 Å². The van der Waals surface area contributed by atoms with E-state index in [-0.39, 0.29) is 12.0 Å². The van der Waals surface area contributed by atoms with Crippen LogP contribution in [0.3, 0.4) is 0 Å². The second kappa shape index (κ2) is 4.52. The maximum absolute atomic E-state index is 11.5. The molecule has 3 rings (SSSR count). The van der Waals surface area contributed by atoms with Crippen molar-refractivity contribution in [3.8, 4) is 11.5 Å². The molecular weight excluding hydrogens is 260 g/mol. The average molecular weight is 276 g/mol. The van der Waals surface area contributed by atoms with Gasteiger partial charge in [0.25, 0.3) is 0 Å². The normalized spacial score (nSPS) is 25.1. The number of fused-ring (bicyclic) bond motifs is 3. The smallest absolute Gasteiger partial charge is 0.336 e. The summed E-state index contributed by atoms with van der Waals surface area (Å²) in [6.07, 6.45) is -0.872. The third-order valence-corrected chi connectivity index (χ3v) is 3.94. The van der Waals surface area contributed by atoms with Crippen molar-refractivity contribution < 1.29 is 19.0 Å². The van der Waals surface area contributed by atoms with Crippen molar-refractivity contribution in [3.63, 3.8) is 0 Å². The number of methoxy groups -OCH3 is 1. The molecule has 5 heteroatoms. The van der Waals surface area contributed by atoms with Gasteiger partial charge in [-0.2, -0.15) is 0 Å². The SMILES string of the molecule is COc1cc2c(c3oc(=O)ccc13)[C@@H](O)C(C)[C@@H](C)O2. The van der Waals surface area contributed by atoms with Crippen molar-refractivity contribution in [3.05, 3.63) is 34.2 Å². The second-order valence-corrected chi connectivity index (χ2v) is 5.11. The number of hydrogen-bond acceptors (Lipinski definition) is 5. The van der Waals surface area contributed by atoms with Gasteiger partial charge in [0.2, 0.25) is 0 Å². The summed E-state index contributed by atoms with van der Waals surface area (Å²) in [6.45, 7) is 3.80. The first-order valence-corrected chi connectivity index (χ1v) is 6.52. The van der Waals surface area contributed by atoms with E-state index >= 15 is 0 Å². The van der Waals surface area contributed by atoms with Gasteiger partial charge < -0.3 is 19.0 Å². The predicted octanol–water partition coefficient (Wildman–Crippen LogP) is 2.25. The Morgan fingerprint density at radius 3 is 2.75 bits per heavy atom. The number of aliphatic hydroxyl groups excluding tert-OH is 1. The quantitative estimate of drug-likeness (QED) is 0.809. The van der Waals surface area contributed by atoms with Gasteiger partial charge in [0.15, 0.2) is 5.58 Å². The van der Waals surface area contributed by atoms with Crippen LogP contribution in [0.1, 0.15) is 25.5 Å². The fraction of sp³-hybridized carbons (Fsp3) is 0.400. The summed E-state index contributed by atoms with van der Waals surface area (Å²) >= 11 is 0. The third-order valence-electron chi connectivity index (χ3n) is 3.94. The van der Waals surface area contributed by atoms with Gasteiger partial charge in [0.05, 0.1) is 24.2 Å². The summed E-state index contributed by atoms with van der Waals surface area (Å²) in [5.74, 6) is 0.961. The molecule has 2 aromatic rings. The minimum absolute atomic E-state index is 0.0930. The Morgan fingerprint density at radius 1 is 1.30 bits per heavy atom. The monoisotopic (exact) mass is 276 g/mol. The minimum Gasteiger partial charge on any atom is -0.496 e. The summed E-state index contributed by atoms with van der Waals surface area (Å²) in [6, 6.07) is 4.69. The number of benzene rings is 1. The number of aliphatic hydroxyl groups is 1. The Morgan fingerprint density at radius 2 is 2.05 bits per heavy atom. The number of rotatable bonds is 1. The Bertz CT molecular complexity index is 718. The molecule has 2 heterocycles. The Kier molecular flexibility index (Phi) is 2.94. The standard InChI is InChI=1S/C15H16O5/c1-7-8(2)19-11-6-10(18-3)9-4-5-12(16)20-15(9)13(11)14(7)17/h4-8,14,17H,1-3H3/t7?,8-,14+/m1/s1. The number of ether oxygens (including phenoxy) is 2. The molecule has 1 unspecified atom stereocenters. The Hall–Kier alpha value is -2.01. The molecule has 0 radical (unpaired) electrons. The van der Waals surface area contributed by atoms with E-state index in [0.717, 1.165) is 0 Å². The molecule has 0 saturated carbocycles. The van der Waals surface area contributed by atoms with Crippen molar-refractivity contribution in [1.29, 1.82) is 0 Å². The predicted molar refractivity (Wildman–Crippen MR) is 73.2 cm³/mol. The summed E-state index contributed by atoms with van der Waals surface area (Å²) < 4.78 is 16.4. The van der Waals surface area contributed by atoms with E-state index in [9.17, 15) is 9.90 Å². The average Bonchev–Trinajstić information content (AvgIpc) is 2.43. The summed E-state index contributed by atoms with van der Waals surface area (Å²) in [5, 5.41) is 11.1. The zero-order valence-corrected chi connectivity index (χ0v) is 11.5. The first kappa shape index (κ1) is 13.0. The van der Waals surface area contributed by atoms with Crippen molar-refractivity contribution >= 4 is 11.0 Å². The molecule has 0 amide bonds. The fourth-order valence-electron chi connectivity index (χ4n) is 2.57. The maximum atomic E-state index is 11.5. The van der Waals surface area contributed by atoms with Crippen LogP contribution in [0.5, 0.6) is 11.5 Å². The van der Waals surface area contributed by atoms with E-state index in [1.54, 1.807) is 12.1 Å². The zero-order valence-electron chi connectivity index (χ0n) is 11.5. The lowest BCUT2D eigenvalue weighted by atomic mass is 9.88. The topological polar surface area (TPSA) is 68.9 Å². The van der Waals surface area contributed by atoms with Crippen molar-refractivity contribution in [2.24, 2.45) is 5.92 Å². The van der Waals surface area contributed by atoms with Crippen LogP contribution >= 0.6 is 0 Å². The van der Waals surface area contributed by atoms with Gasteiger partial charge in [-0.1, -0.05) is 6.92 Å². The minimum atomic E-state index is -0.743. The number of hydrogen-bond donors (Lipinski definition) is 1. The molecule has 20 heavy (non-hydrogen) atoms. The highest BCUT2D eigenvalue weighted by molar-refractivity contribution is 5.89. The van der Waals surface area contributed by atoms with Crippen LogP contribution in [-0.4, -0.2) is 18.3 Å². The van der Waals surface area contributed by atoms with Crippen LogP contribution in [-0.2, 0) is 0 Å². The van der Waals surface area contributed by atoms with Crippen LogP contribution in [0, 0.1) is 5.92 Å². The molecule has 5 nitrogen and oxygen atoms in total. The molecule has 3 atom stereocenters. The van der Waals surface area contributed by atoms with Crippen molar-refractivity contribution in [1.82, 2.24) is 0 Å². The Labute approximate surface area is 115 Å². The molecule has 1 aliphatic rings. The van der Waals surface area contributed by atoms with E-state index in [4.69, 9.17) is 13.9 Å². The molecule has 0 fully saturated rings. The van der Waals surface area contributed by atoms with E-state index in [1.165, 1.54) is 13.2 Å². The van der Waals surface area contributed by atoms with Gasteiger partial charge in [-0.25, -0.2) is 4.79 Å². The first-order valence-electron chi connectivity index (χ1n) is 6.52. The molecular formula is C15H16O5. The zero-order chi connectivity index (χ0) is 14.4. The largest absolute Gasteiger partial charge is 0.496 e. The van der Waals surface area contributed by atoms with Crippen LogP contribution < -0.4 is 15.1 Å². The van der Waals surface area contributed by atoms with E-state index < -0.39 is 11.7 Å². The van der Waals surface area contributed by atoms with E-state index in [0.29, 0.717) is 28.0 Å². The van der Waals surface area contributed by atoms with Crippen molar-refractivity contribution in [2.45, 2.75) is 26.1 Å². The fourth-order valence-corrected chi connectivity index (χ4v) is 2.57. The van der Waals surface area contributed by atoms with Gasteiger partial charge in [-0.3, -0.25) is 0 Å². The lowest BCUT2D eigenvalue weighted by Crippen LogP contribution is -2.32. The maximum Gasteiger partial charge on any atom is 0.336 e. The molecule has 106 valence electrons. The van der Waals surface area contributed by atoms with E-state index in [2.05, 4.69) is 0 Å². The highest BCUT2D eigenvalue weighted by Crippen LogP contribution is 2.45. The molecule has 0 aliphatic carbocycles. The van der Waals surface area contributed by atoms with E-state index in [1.807, 2.05) is 13.8 Å². The van der Waals surface area contributed by atoms with Crippen LogP contribution in [0.4, 0.5) is 0 Å². The molecule has 1 aromatic heterocycles. The molecule has 1 aliphatic heterocycles. The van der Waals surface area contributed by atoms with Gasteiger partial charge in [-0.15, -0.1) is 0 Å². The summed E-state index contributed by atoms with van der Waals surface area (Å²) in [5.41, 5.74) is 0.383. The molecule has 0 spiro atoms. The molecule has 1 N–H and O–H groups in total. The Balaban J connectivity index is 2.38. The van der Waals surface area contributed by atoms with Crippen molar-refractivity contribution in [2.75, 3.05) is 7.11 Å². The molecule has 1 aromatic carbocycles. The van der Waals surface area contributed by atoms with Crippen LogP contribution in [0.25, 0.3) is 11.0 Å². The summed E-state index contributed by atoms with van der Waals surface area (Å²) in [7, 11) is 1.54. The van der Waals surface area contributed by atoms with Crippen LogP contribution in [0.15, 0.2) is 27.4 Å². The van der Waals surface area contributed by atoms with Crippen LogP contribution in [0.2, 0.25) is 0 Å². The highest BCUT2D eigenvalue weighted by Gasteiger charge is 2.35. The second-order valence-electron chi connectivity index (χ2n) is 5.11. The van der Waals surface area contributed by atoms with Gasteiger partial charge in [0, 0.05) is 18.1 Å². The third kappa shape index (κ3) is 1.78. The summed E-state index contributed by atoms with van der Waals surface area (Å²) in [4.78, 5) is 11.5. The van der Waals surface area contributed by atoms with Gasteiger partial charge in [-0.05, 0) is 13.0 Å².